The van der Waals surface area contributed by atoms with Gasteiger partial charge in [-0.3, -0.25) is 0 Å². The van der Waals surface area contributed by atoms with Crippen molar-refractivity contribution in [1.29, 1.82) is 0 Å². The van der Waals surface area contributed by atoms with Gasteiger partial charge in [0.05, 0.1) is 12.7 Å². The molecule has 0 saturated carbocycles. The van der Waals surface area contributed by atoms with E-state index in [2.05, 4.69) is 16.9 Å². The maximum Gasteiger partial charge on any atom is 0.338 e. The second kappa shape index (κ2) is 4.47. The molecule has 0 bridgehead atoms. The van der Waals surface area contributed by atoms with E-state index in [0.29, 0.717) is 5.56 Å². The molecule has 0 aliphatic heterocycles. The van der Waals surface area contributed by atoms with Crippen LogP contribution in [0.3, 0.4) is 0 Å². The number of rotatable bonds is 2. The maximum absolute atomic E-state index is 13.1. The molecule has 0 N–H and O–H groups in total. The Morgan fingerprint density at radius 3 is 2.94 bits per heavy atom. The van der Waals surface area contributed by atoms with Crippen molar-refractivity contribution >= 4 is 5.97 Å². The van der Waals surface area contributed by atoms with E-state index in [0.717, 1.165) is 18.4 Å². The number of hydrogen-bond acceptors (Lipinski definition) is 2. The van der Waals surface area contributed by atoms with Crippen LogP contribution < -0.4 is 0 Å². The highest BCUT2D eigenvalue weighted by Gasteiger charge is 2.20. The molecule has 0 amide bonds. The molecule has 1 aromatic rings. The normalized spacial score (nSPS) is 18.8. The molecule has 0 spiro atoms. The van der Waals surface area contributed by atoms with Crippen LogP contribution in [0.15, 0.2) is 30.4 Å². The number of benzene rings is 1. The highest BCUT2D eigenvalue weighted by atomic mass is 19.1. The average Bonchev–Trinajstić information content (AvgIpc) is 2.81. The smallest absolute Gasteiger partial charge is 0.338 e. The molecule has 1 unspecified atom stereocenters. The van der Waals surface area contributed by atoms with Crippen LogP contribution in [0.25, 0.3) is 0 Å². The fraction of sp³-hybridized carbons (Fsp3) is 0.308. The second-order valence-electron chi connectivity index (χ2n) is 3.84. The molecule has 0 fully saturated rings. The zero-order chi connectivity index (χ0) is 11.5. The summed E-state index contributed by atoms with van der Waals surface area (Å²) in [5.41, 5.74) is 1.18. The van der Waals surface area contributed by atoms with Crippen molar-refractivity contribution in [3.8, 4) is 0 Å². The fourth-order valence-electron chi connectivity index (χ4n) is 2.03. The summed E-state index contributed by atoms with van der Waals surface area (Å²) in [5, 5.41) is 0. The van der Waals surface area contributed by atoms with Crippen LogP contribution >= 0.6 is 0 Å². The minimum Gasteiger partial charge on any atom is -0.465 e. The van der Waals surface area contributed by atoms with Gasteiger partial charge in [0.2, 0.25) is 0 Å². The number of esters is 1. The SMILES string of the molecule is COC(=O)c1cc(F)ccc1C1C=CCC1. The zero-order valence-electron chi connectivity index (χ0n) is 9.07. The summed E-state index contributed by atoms with van der Waals surface area (Å²) in [6.07, 6.45) is 6.10. The molecular weight excluding hydrogens is 207 g/mol. The van der Waals surface area contributed by atoms with Crippen LogP contribution in [0.5, 0.6) is 0 Å². The van der Waals surface area contributed by atoms with Crippen molar-refractivity contribution in [2.75, 3.05) is 7.11 Å². The first-order valence-electron chi connectivity index (χ1n) is 5.27. The summed E-state index contributed by atoms with van der Waals surface area (Å²) >= 11 is 0. The molecule has 0 radical (unpaired) electrons. The minimum absolute atomic E-state index is 0.203. The number of allylic oxidation sites excluding steroid dienone is 2. The Kier molecular flexibility index (Phi) is 3.04. The van der Waals surface area contributed by atoms with Crippen LogP contribution in [0.1, 0.15) is 34.7 Å². The fourth-order valence-corrected chi connectivity index (χ4v) is 2.03. The standard InChI is InChI=1S/C13H13FO2/c1-16-13(15)12-8-10(14)6-7-11(12)9-4-2-3-5-9/h2,4,6-9H,3,5H2,1H3. The summed E-state index contributed by atoms with van der Waals surface area (Å²) < 4.78 is 17.8. The van der Waals surface area contributed by atoms with E-state index in [1.807, 2.05) is 0 Å². The molecule has 0 saturated heterocycles. The molecule has 2 nitrogen and oxygen atoms in total. The zero-order valence-corrected chi connectivity index (χ0v) is 9.07. The average molecular weight is 220 g/mol. The number of ether oxygens (including phenoxy) is 1. The Morgan fingerprint density at radius 1 is 1.50 bits per heavy atom. The lowest BCUT2D eigenvalue weighted by atomic mass is 9.93. The van der Waals surface area contributed by atoms with Gasteiger partial charge in [0.25, 0.3) is 0 Å². The molecule has 16 heavy (non-hydrogen) atoms. The van der Waals surface area contributed by atoms with Gasteiger partial charge in [-0.15, -0.1) is 0 Å². The predicted octanol–water partition coefficient (Wildman–Crippen LogP) is 3.05. The van der Waals surface area contributed by atoms with Gasteiger partial charge in [-0.1, -0.05) is 18.2 Å². The summed E-state index contributed by atoms with van der Waals surface area (Å²) in [6, 6.07) is 4.29. The van der Waals surface area contributed by atoms with Gasteiger partial charge in [0.1, 0.15) is 5.82 Å². The van der Waals surface area contributed by atoms with E-state index in [-0.39, 0.29) is 5.92 Å². The molecule has 1 aliphatic rings. The van der Waals surface area contributed by atoms with Crippen molar-refractivity contribution in [2.45, 2.75) is 18.8 Å². The lowest BCUT2D eigenvalue weighted by molar-refractivity contribution is 0.0598. The first-order valence-corrected chi connectivity index (χ1v) is 5.27. The maximum atomic E-state index is 13.1. The van der Waals surface area contributed by atoms with Gasteiger partial charge < -0.3 is 4.74 Å². The van der Waals surface area contributed by atoms with Crippen molar-refractivity contribution in [3.05, 3.63) is 47.3 Å². The Hall–Kier alpha value is -1.64. The van der Waals surface area contributed by atoms with Crippen LogP contribution in [0.4, 0.5) is 4.39 Å². The summed E-state index contributed by atoms with van der Waals surface area (Å²) in [5.74, 6) is -0.685. The van der Waals surface area contributed by atoms with Crippen molar-refractivity contribution < 1.29 is 13.9 Å². The van der Waals surface area contributed by atoms with E-state index in [9.17, 15) is 9.18 Å². The summed E-state index contributed by atoms with van der Waals surface area (Å²) in [7, 11) is 1.31. The number of halogens is 1. The summed E-state index contributed by atoms with van der Waals surface area (Å²) in [6.45, 7) is 0. The Balaban J connectivity index is 2.43. The first kappa shape index (κ1) is 10.9. The topological polar surface area (TPSA) is 26.3 Å². The monoisotopic (exact) mass is 220 g/mol. The van der Waals surface area contributed by atoms with Gasteiger partial charge in [-0.2, -0.15) is 0 Å². The van der Waals surface area contributed by atoms with E-state index >= 15 is 0 Å². The molecule has 1 aromatic carbocycles. The first-order chi connectivity index (χ1) is 7.72. The minimum atomic E-state index is -0.477. The van der Waals surface area contributed by atoms with Crippen molar-refractivity contribution in [3.63, 3.8) is 0 Å². The third-order valence-electron chi connectivity index (χ3n) is 2.83. The molecular formula is C13H13FO2. The largest absolute Gasteiger partial charge is 0.465 e. The highest BCUT2D eigenvalue weighted by molar-refractivity contribution is 5.91. The number of carbonyl (C=O) groups is 1. The third-order valence-corrected chi connectivity index (χ3v) is 2.83. The molecule has 3 heteroatoms. The van der Waals surface area contributed by atoms with E-state index < -0.39 is 11.8 Å². The summed E-state index contributed by atoms with van der Waals surface area (Å²) in [4.78, 5) is 11.5. The predicted molar refractivity (Wildman–Crippen MR) is 58.9 cm³/mol. The van der Waals surface area contributed by atoms with Gasteiger partial charge in [0.15, 0.2) is 0 Å². The highest BCUT2D eigenvalue weighted by Crippen LogP contribution is 2.31. The number of hydrogen-bond donors (Lipinski definition) is 0. The molecule has 1 aliphatic carbocycles. The van der Waals surface area contributed by atoms with Gasteiger partial charge >= 0.3 is 5.97 Å². The van der Waals surface area contributed by atoms with Gasteiger partial charge in [-0.25, -0.2) is 9.18 Å². The van der Waals surface area contributed by atoms with Gasteiger partial charge in [-0.05, 0) is 30.5 Å². The quantitative estimate of drug-likeness (QED) is 0.565. The van der Waals surface area contributed by atoms with E-state index in [1.54, 1.807) is 6.07 Å². The molecule has 0 aromatic heterocycles. The third kappa shape index (κ3) is 1.98. The molecule has 0 heterocycles. The Bertz CT molecular complexity index is 438. The van der Waals surface area contributed by atoms with Gasteiger partial charge in [0, 0.05) is 5.92 Å². The second-order valence-corrected chi connectivity index (χ2v) is 3.84. The van der Waals surface area contributed by atoms with Crippen LogP contribution in [0.2, 0.25) is 0 Å². The number of carbonyl (C=O) groups excluding carboxylic acids is 1. The van der Waals surface area contributed by atoms with E-state index in [4.69, 9.17) is 0 Å². The molecule has 1 atom stereocenters. The van der Waals surface area contributed by atoms with E-state index in [1.165, 1.54) is 19.2 Å². The number of methoxy groups -OCH3 is 1. The Morgan fingerprint density at radius 2 is 2.31 bits per heavy atom. The van der Waals surface area contributed by atoms with Crippen LogP contribution in [-0.4, -0.2) is 13.1 Å². The van der Waals surface area contributed by atoms with Crippen molar-refractivity contribution in [1.82, 2.24) is 0 Å². The van der Waals surface area contributed by atoms with Crippen LogP contribution in [0, 0.1) is 5.82 Å². The Labute approximate surface area is 93.7 Å². The lowest BCUT2D eigenvalue weighted by Gasteiger charge is -2.12. The molecule has 84 valence electrons. The molecule has 2 rings (SSSR count). The lowest BCUT2D eigenvalue weighted by Crippen LogP contribution is -2.08. The van der Waals surface area contributed by atoms with Crippen molar-refractivity contribution in [2.24, 2.45) is 0 Å². The van der Waals surface area contributed by atoms with Crippen LogP contribution in [-0.2, 0) is 4.74 Å².